The monoisotopic (exact) mass is 388 g/mol. The molecule has 0 saturated heterocycles. The summed E-state index contributed by atoms with van der Waals surface area (Å²) < 4.78 is 12.2. The molecule has 0 aliphatic rings. The van der Waals surface area contributed by atoms with Crippen molar-refractivity contribution < 1.29 is 19.1 Å². The van der Waals surface area contributed by atoms with Crippen molar-refractivity contribution in [3.8, 4) is 11.5 Å². The summed E-state index contributed by atoms with van der Waals surface area (Å²) in [6.07, 6.45) is 3.93. The van der Waals surface area contributed by atoms with E-state index >= 15 is 0 Å². The van der Waals surface area contributed by atoms with Crippen LogP contribution >= 0.6 is 0 Å². The minimum atomic E-state index is -0.837. The Hall–Kier alpha value is -3.03. The minimum Gasteiger partial charge on any atom is -0.493 e. The van der Waals surface area contributed by atoms with Crippen LogP contribution in [0.3, 0.4) is 0 Å². The number of aryl methyl sites for hydroxylation is 1. The fourth-order valence-corrected chi connectivity index (χ4v) is 2.93. The van der Waals surface area contributed by atoms with Crippen LogP contribution in [0.2, 0.25) is 0 Å². The number of aromatic nitrogens is 2. The molecule has 0 aliphatic carbocycles. The van der Waals surface area contributed by atoms with E-state index in [0.29, 0.717) is 17.9 Å². The van der Waals surface area contributed by atoms with Gasteiger partial charge < -0.3 is 20.5 Å². The molecule has 8 nitrogen and oxygen atoms in total. The second-order valence-electron chi connectivity index (χ2n) is 7.23. The molecular formula is C20H28N4O4. The van der Waals surface area contributed by atoms with Crippen LogP contribution in [0.5, 0.6) is 11.5 Å². The fourth-order valence-electron chi connectivity index (χ4n) is 2.93. The van der Waals surface area contributed by atoms with E-state index in [-0.39, 0.29) is 12.5 Å². The Labute approximate surface area is 165 Å². The minimum absolute atomic E-state index is 0.153. The average molecular weight is 388 g/mol. The lowest BCUT2D eigenvalue weighted by Gasteiger charge is -2.26. The van der Waals surface area contributed by atoms with E-state index in [1.807, 2.05) is 26.1 Å². The van der Waals surface area contributed by atoms with Gasteiger partial charge in [0.1, 0.15) is 0 Å². The van der Waals surface area contributed by atoms with Gasteiger partial charge in [0.25, 0.3) is 0 Å². The van der Waals surface area contributed by atoms with Gasteiger partial charge in [0.15, 0.2) is 11.5 Å². The molecule has 0 unspecified atom stereocenters. The number of rotatable bonds is 9. The number of nitrogens with two attached hydrogens (primary N) is 1. The SMILES string of the molecule is COc1ccc(C(C)(C)C(=O)NC[C@@H](Cc2cnn(C)c2)C(N)=O)cc1OC. The standard InChI is InChI=1S/C20H28N4O4/c1-20(2,15-6-7-16(27-4)17(9-15)28-5)19(26)22-11-14(18(21)25)8-13-10-23-24(3)12-13/h6-7,9-10,12,14H,8,11H2,1-5H3,(H2,21,25)(H,22,26)/t14-/m1/s1. The van der Waals surface area contributed by atoms with Gasteiger partial charge in [-0.15, -0.1) is 0 Å². The zero-order valence-electron chi connectivity index (χ0n) is 17.0. The summed E-state index contributed by atoms with van der Waals surface area (Å²) in [6, 6.07) is 5.36. The number of hydrogen-bond donors (Lipinski definition) is 2. The molecule has 1 heterocycles. The van der Waals surface area contributed by atoms with Crippen molar-refractivity contribution in [2.24, 2.45) is 18.7 Å². The molecule has 152 valence electrons. The zero-order chi connectivity index (χ0) is 20.9. The molecule has 1 aromatic carbocycles. The van der Waals surface area contributed by atoms with Gasteiger partial charge >= 0.3 is 0 Å². The van der Waals surface area contributed by atoms with Crippen LogP contribution in [0, 0.1) is 5.92 Å². The number of primary amides is 1. The maximum atomic E-state index is 12.9. The predicted octanol–water partition coefficient (Wildman–Crippen LogP) is 1.18. The largest absolute Gasteiger partial charge is 0.493 e. The molecule has 3 N–H and O–H groups in total. The number of amides is 2. The second kappa shape index (κ2) is 8.77. The van der Waals surface area contributed by atoms with Gasteiger partial charge in [-0.05, 0) is 43.5 Å². The molecule has 0 saturated carbocycles. The molecule has 0 aliphatic heterocycles. The van der Waals surface area contributed by atoms with E-state index < -0.39 is 17.2 Å². The third-order valence-corrected chi connectivity index (χ3v) is 4.82. The number of nitrogens with one attached hydrogen (secondary N) is 1. The van der Waals surface area contributed by atoms with Gasteiger partial charge in [0, 0.05) is 19.8 Å². The summed E-state index contributed by atoms with van der Waals surface area (Å²) >= 11 is 0. The molecule has 2 aromatic rings. The molecule has 28 heavy (non-hydrogen) atoms. The Morgan fingerprint density at radius 3 is 2.46 bits per heavy atom. The number of benzene rings is 1. The van der Waals surface area contributed by atoms with Gasteiger partial charge in [0.2, 0.25) is 11.8 Å². The van der Waals surface area contributed by atoms with Crippen LogP contribution in [-0.2, 0) is 28.5 Å². The first-order valence-electron chi connectivity index (χ1n) is 8.96. The summed E-state index contributed by atoms with van der Waals surface area (Å²) in [5, 5.41) is 6.95. The van der Waals surface area contributed by atoms with Crippen molar-refractivity contribution >= 4 is 11.8 Å². The third kappa shape index (κ3) is 4.82. The van der Waals surface area contributed by atoms with E-state index in [1.165, 1.54) is 0 Å². The molecular weight excluding hydrogens is 360 g/mol. The zero-order valence-corrected chi connectivity index (χ0v) is 17.0. The highest BCUT2D eigenvalue weighted by molar-refractivity contribution is 5.88. The Balaban J connectivity index is 2.09. The number of nitrogens with zero attached hydrogens (tertiary/aromatic N) is 2. The quantitative estimate of drug-likeness (QED) is 0.670. The molecule has 2 rings (SSSR count). The number of methoxy groups -OCH3 is 2. The Bertz CT molecular complexity index is 844. The number of carbonyl (C=O) groups excluding carboxylic acids is 2. The van der Waals surface area contributed by atoms with E-state index in [4.69, 9.17) is 15.2 Å². The molecule has 1 aromatic heterocycles. The molecule has 2 amide bonds. The Kier molecular flexibility index (Phi) is 6.66. The lowest BCUT2D eigenvalue weighted by atomic mass is 9.83. The van der Waals surface area contributed by atoms with Crippen LogP contribution in [0.1, 0.15) is 25.0 Å². The number of ether oxygens (including phenoxy) is 2. The first kappa shape index (κ1) is 21.3. The molecule has 1 atom stereocenters. The van der Waals surface area contributed by atoms with Crippen molar-refractivity contribution in [2.45, 2.75) is 25.7 Å². The van der Waals surface area contributed by atoms with E-state index in [9.17, 15) is 9.59 Å². The number of carbonyl (C=O) groups is 2. The lowest BCUT2D eigenvalue weighted by molar-refractivity contribution is -0.126. The number of hydrogen-bond acceptors (Lipinski definition) is 5. The molecule has 8 heteroatoms. The van der Waals surface area contributed by atoms with Crippen molar-refractivity contribution in [3.05, 3.63) is 41.7 Å². The van der Waals surface area contributed by atoms with Gasteiger partial charge in [-0.1, -0.05) is 6.07 Å². The van der Waals surface area contributed by atoms with E-state index in [0.717, 1.165) is 11.1 Å². The highest BCUT2D eigenvalue weighted by Crippen LogP contribution is 2.33. The molecule has 0 radical (unpaired) electrons. The summed E-state index contributed by atoms with van der Waals surface area (Å²) in [4.78, 5) is 24.7. The summed E-state index contributed by atoms with van der Waals surface area (Å²) in [7, 11) is 4.91. The predicted molar refractivity (Wildman–Crippen MR) is 105 cm³/mol. The lowest BCUT2D eigenvalue weighted by Crippen LogP contribution is -2.44. The van der Waals surface area contributed by atoms with E-state index in [1.54, 1.807) is 44.3 Å². The first-order chi connectivity index (χ1) is 13.2. The molecule has 0 spiro atoms. The normalized spacial score (nSPS) is 12.3. The van der Waals surface area contributed by atoms with Crippen LogP contribution < -0.4 is 20.5 Å². The Morgan fingerprint density at radius 2 is 1.93 bits per heavy atom. The first-order valence-corrected chi connectivity index (χ1v) is 8.96. The fraction of sp³-hybridized carbons (Fsp3) is 0.450. The second-order valence-corrected chi connectivity index (χ2v) is 7.23. The molecule has 0 fully saturated rings. The van der Waals surface area contributed by atoms with Crippen molar-refractivity contribution in [1.82, 2.24) is 15.1 Å². The highest BCUT2D eigenvalue weighted by atomic mass is 16.5. The van der Waals surface area contributed by atoms with Crippen LogP contribution in [0.15, 0.2) is 30.6 Å². The van der Waals surface area contributed by atoms with E-state index in [2.05, 4.69) is 10.4 Å². The van der Waals surface area contributed by atoms with Gasteiger partial charge in [-0.3, -0.25) is 14.3 Å². The van der Waals surface area contributed by atoms with Gasteiger partial charge in [-0.2, -0.15) is 5.10 Å². The smallest absolute Gasteiger partial charge is 0.230 e. The van der Waals surface area contributed by atoms with Crippen LogP contribution in [-0.4, -0.2) is 42.4 Å². The highest BCUT2D eigenvalue weighted by Gasteiger charge is 2.31. The van der Waals surface area contributed by atoms with Gasteiger partial charge in [0.05, 0.1) is 31.7 Å². The van der Waals surface area contributed by atoms with Gasteiger partial charge in [-0.25, -0.2) is 0 Å². The van der Waals surface area contributed by atoms with Crippen molar-refractivity contribution in [1.29, 1.82) is 0 Å². The maximum absolute atomic E-state index is 12.9. The maximum Gasteiger partial charge on any atom is 0.230 e. The summed E-state index contributed by atoms with van der Waals surface area (Å²) in [5.41, 5.74) is 6.34. The van der Waals surface area contributed by atoms with Crippen LogP contribution in [0.25, 0.3) is 0 Å². The molecule has 0 bridgehead atoms. The third-order valence-electron chi connectivity index (χ3n) is 4.82. The summed E-state index contributed by atoms with van der Waals surface area (Å²) in [6.45, 7) is 3.77. The van der Waals surface area contributed by atoms with Crippen molar-refractivity contribution in [2.75, 3.05) is 20.8 Å². The average Bonchev–Trinajstić information content (AvgIpc) is 3.08. The van der Waals surface area contributed by atoms with Crippen LogP contribution in [0.4, 0.5) is 0 Å². The topological polar surface area (TPSA) is 108 Å². The Morgan fingerprint density at radius 1 is 1.25 bits per heavy atom. The van der Waals surface area contributed by atoms with Crippen molar-refractivity contribution in [3.63, 3.8) is 0 Å². The summed E-state index contributed by atoms with van der Waals surface area (Å²) in [5.74, 6) is -0.0558.